The standard InChI is InChI=1S/C27H22Cl2INO4S/c1-3-34-23-11-17(10-22(30)25(23)35-15-19-7-5-4-6-16(19)2)12-24-26(32)31(27(33)36-24)14-18-8-9-20(28)13-21(18)29/h4-13H,3,14-15H2,1-2H3/b24-12-. The Kier molecular flexibility index (Phi) is 8.87. The Morgan fingerprint density at radius 2 is 1.81 bits per heavy atom. The fourth-order valence-electron chi connectivity index (χ4n) is 3.60. The van der Waals surface area contributed by atoms with Gasteiger partial charge in [0, 0.05) is 10.0 Å². The van der Waals surface area contributed by atoms with E-state index in [1.165, 1.54) is 4.90 Å². The number of carbonyl (C=O) groups excluding carboxylic acids is 2. The minimum Gasteiger partial charge on any atom is -0.490 e. The van der Waals surface area contributed by atoms with Crippen molar-refractivity contribution < 1.29 is 19.1 Å². The highest BCUT2D eigenvalue weighted by Gasteiger charge is 2.35. The summed E-state index contributed by atoms with van der Waals surface area (Å²) < 4.78 is 12.8. The van der Waals surface area contributed by atoms with E-state index in [0.717, 1.165) is 32.0 Å². The molecule has 1 saturated heterocycles. The number of amides is 2. The van der Waals surface area contributed by atoms with E-state index in [2.05, 4.69) is 22.6 Å². The summed E-state index contributed by atoms with van der Waals surface area (Å²) in [5.74, 6) is 0.851. The van der Waals surface area contributed by atoms with Gasteiger partial charge in [-0.15, -0.1) is 0 Å². The van der Waals surface area contributed by atoms with Gasteiger partial charge < -0.3 is 9.47 Å². The van der Waals surface area contributed by atoms with Gasteiger partial charge in [-0.05, 0) is 101 Å². The quantitative estimate of drug-likeness (QED) is 0.182. The van der Waals surface area contributed by atoms with Crippen LogP contribution in [0, 0.1) is 10.5 Å². The summed E-state index contributed by atoms with van der Waals surface area (Å²) in [5.41, 5.74) is 3.63. The maximum absolute atomic E-state index is 13.0. The first-order valence-electron chi connectivity index (χ1n) is 11.1. The summed E-state index contributed by atoms with van der Waals surface area (Å²) in [5, 5.41) is 0.543. The van der Waals surface area contributed by atoms with Gasteiger partial charge in [0.05, 0.1) is 21.6 Å². The highest BCUT2D eigenvalue weighted by atomic mass is 127. The van der Waals surface area contributed by atoms with E-state index in [-0.39, 0.29) is 17.7 Å². The van der Waals surface area contributed by atoms with E-state index in [9.17, 15) is 9.59 Å². The average molecular weight is 654 g/mol. The van der Waals surface area contributed by atoms with Gasteiger partial charge in [-0.3, -0.25) is 14.5 Å². The molecule has 9 heteroatoms. The SMILES string of the molecule is CCOc1cc(/C=C2\SC(=O)N(Cc3ccc(Cl)cc3Cl)C2=O)cc(I)c1OCc1ccccc1C. The van der Waals surface area contributed by atoms with Crippen LogP contribution in [0.3, 0.4) is 0 Å². The Balaban J connectivity index is 1.56. The Labute approximate surface area is 237 Å². The lowest BCUT2D eigenvalue weighted by atomic mass is 10.1. The molecule has 0 aromatic heterocycles. The molecule has 0 N–H and O–H groups in total. The highest BCUT2D eigenvalue weighted by Crippen LogP contribution is 2.38. The summed E-state index contributed by atoms with van der Waals surface area (Å²) in [6, 6.07) is 16.8. The number of benzene rings is 3. The third-order valence-electron chi connectivity index (χ3n) is 5.48. The topological polar surface area (TPSA) is 55.8 Å². The molecule has 0 aliphatic carbocycles. The first kappa shape index (κ1) is 26.9. The molecule has 0 bridgehead atoms. The van der Waals surface area contributed by atoms with Crippen LogP contribution in [0.5, 0.6) is 11.5 Å². The molecule has 1 aliphatic heterocycles. The molecule has 36 heavy (non-hydrogen) atoms. The zero-order chi connectivity index (χ0) is 25.8. The molecule has 3 aromatic carbocycles. The van der Waals surface area contributed by atoms with Crippen molar-refractivity contribution in [3.63, 3.8) is 0 Å². The molecule has 2 amide bonds. The number of hydrogen-bond donors (Lipinski definition) is 0. The minimum absolute atomic E-state index is 0.0748. The van der Waals surface area contributed by atoms with Gasteiger partial charge in [-0.25, -0.2) is 0 Å². The third kappa shape index (κ3) is 6.19. The second kappa shape index (κ2) is 11.9. The summed E-state index contributed by atoms with van der Waals surface area (Å²) >= 11 is 15.3. The van der Waals surface area contributed by atoms with Crippen LogP contribution in [0.1, 0.15) is 29.2 Å². The highest BCUT2D eigenvalue weighted by molar-refractivity contribution is 14.1. The van der Waals surface area contributed by atoms with Gasteiger partial charge >= 0.3 is 0 Å². The fraction of sp³-hybridized carbons (Fsp3) is 0.185. The van der Waals surface area contributed by atoms with E-state index in [0.29, 0.717) is 45.2 Å². The summed E-state index contributed by atoms with van der Waals surface area (Å²) in [4.78, 5) is 27.2. The van der Waals surface area contributed by atoms with Crippen molar-refractivity contribution >= 4 is 74.8 Å². The Morgan fingerprint density at radius 3 is 2.53 bits per heavy atom. The maximum Gasteiger partial charge on any atom is 0.293 e. The van der Waals surface area contributed by atoms with E-state index in [1.807, 2.05) is 50.2 Å². The maximum atomic E-state index is 13.0. The second-order valence-electron chi connectivity index (χ2n) is 7.98. The average Bonchev–Trinajstić information content (AvgIpc) is 3.08. The van der Waals surface area contributed by atoms with Gasteiger partial charge in [0.1, 0.15) is 6.61 Å². The predicted molar refractivity (Wildman–Crippen MR) is 154 cm³/mol. The van der Waals surface area contributed by atoms with Crippen LogP contribution in [-0.2, 0) is 17.9 Å². The number of imide groups is 1. The van der Waals surface area contributed by atoms with Crippen LogP contribution in [0.15, 0.2) is 59.5 Å². The first-order chi connectivity index (χ1) is 17.3. The molecule has 0 saturated carbocycles. The summed E-state index contributed by atoms with van der Waals surface area (Å²) in [7, 11) is 0. The van der Waals surface area contributed by atoms with Crippen LogP contribution >= 0.6 is 57.6 Å². The van der Waals surface area contributed by atoms with Crippen molar-refractivity contribution in [2.24, 2.45) is 0 Å². The van der Waals surface area contributed by atoms with Crippen molar-refractivity contribution in [3.05, 3.63) is 95.4 Å². The van der Waals surface area contributed by atoms with Crippen LogP contribution in [0.4, 0.5) is 4.79 Å². The molecule has 0 radical (unpaired) electrons. The molecular formula is C27H22Cl2INO4S. The molecule has 4 rings (SSSR count). The van der Waals surface area contributed by atoms with Crippen LogP contribution in [0.25, 0.3) is 6.08 Å². The molecule has 1 fully saturated rings. The van der Waals surface area contributed by atoms with Crippen LogP contribution in [0.2, 0.25) is 10.0 Å². The van der Waals surface area contributed by atoms with Crippen LogP contribution < -0.4 is 9.47 Å². The van der Waals surface area contributed by atoms with Gasteiger partial charge in [0.15, 0.2) is 11.5 Å². The normalized spacial score (nSPS) is 14.6. The van der Waals surface area contributed by atoms with Crippen molar-refractivity contribution in [2.75, 3.05) is 6.61 Å². The molecule has 0 spiro atoms. The van der Waals surface area contributed by atoms with Gasteiger partial charge in [0.2, 0.25) is 0 Å². The van der Waals surface area contributed by atoms with E-state index in [1.54, 1.807) is 24.3 Å². The molecular weight excluding hydrogens is 632 g/mol. The number of halogens is 3. The third-order valence-corrected chi connectivity index (χ3v) is 7.78. The van der Waals surface area contributed by atoms with Crippen molar-refractivity contribution in [1.29, 1.82) is 0 Å². The largest absolute Gasteiger partial charge is 0.490 e. The number of rotatable bonds is 8. The number of carbonyl (C=O) groups is 2. The molecule has 5 nitrogen and oxygen atoms in total. The molecule has 3 aromatic rings. The summed E-state index contributed by atoms with van der Waals surface area (Å²) in [6.45, 7) is 4.89. The monoisotopic (exact) mass is 653 g/mol. The Morgan fingerprint density at radius 1 is 1.03 bits per heavy atom. The molecule has 1 aliphatic rings. The molecule has 0 unspecified atom stereocenters. The number of nitrogens with zero attached hydrogens (tertiary/aromatic N) is 1. The Bertz CT molecular complexity index is 1360. The lowest BCUT2D eigenvalue weighted by Gasteiger charge is -2.16. The lowest BCUT2D eigenvalue weighted by molar-refractivity contribution is -0.123. The number of hydrogen-bond acceptors (Lipinski definition) is 5. The van der Waals surface area contributed by atoms with Crippen molar-refractivity contribution in [1.82, 2.24) is 4.90 Å². The fourth-order valence-corrected chi connectivity index (χ4v) is 5.69. The van der Waals surface area contributed by atoms with Gasteiger partial charge in [-0.1, -0.05) is 53.5 Å². The predicted octanol–water partition coefficient (Wildman–Crippen LogP) is 8.12. The molecule has 186 valence electrons. The number of ether oxygens (including phenoxy) is 2. The van der Waals surface area contributed by atoms with Gasteiger partial charge in [-0.2, -0.15) is 0 Å². The van der Waals surface area contributed by atoms with Crippen molar-refractivity contribution in [2.45, 2.75) is 27.0 Å². The number of aryl methyl sites for hydroxylation is 1. The zero-order valence-corrected chi connectivity index (χ0v) is 24.0. The minimum atomic E-state index is -0.371. The zero-order valence-electron chi connectivity index (χ0n) is 19.5. The lowest BCUT2D eigenvalue weighted by Crippen LogP contribution is -2.27. The second-order valence-corrected chi connectivity index (χ2v) is 11.0. The van der Waals surface area contributed by atoms with Gasteiger partial charge in [0.25, 0.3) is 11.1 Å². The van der Waals surface area contributed by atoms with E-state index < -0.39 is 0 Å². The first-order valence-corrected chi connectivity index (χ1v) is 13.7. The van der Waals surface area contributed by atoms with Crippen molar-refractivity contribution in [3.8, 4) is 11.5 Å². The van der Waals surface area contributed by atoms with Crippen LogP contribution in [-0.4, -0.2) is 22.7 Å². The Hall–Kier alpha value is -2.20. The van der Waals surface area contributed by atoms with E-state index in [4.69, 9.17) is 32.7 Å². The molecule has 0 atom stereocenters. The smallest absolute Gasteiger partial charge is 0.293 e. The van der Waals surface area contributed by atoms with E-state index >= 15 is 0 Å². The summed E-state index contributed by atoms with van der Waals surface area (Å²) in [6.07, 6.45) is 1.70. The number of thioether (sulfide) groups is 1. The molecule has 1 heterocycles.